The molecule has 4 rings (SSSR count). The zero-order valence-corrected chi connectivity index (χ0v) is 24.6. The Morgan fingerprint density at radius 3 is 1.27 bits per heavy atom. The van der Waals surface area contributed by atoms with Gasteiger partial charge in [-0.05, 0) is 49.9 Å². The Morgan fingerprint density at radius 1 is 0.707 bits per heavy atom. The quantitative estimate of drug-likeness (QED) is 0.260. The molecule has 2 aromatic rings. The van der Waals surface area contributed by atoms with Crippen LogP contribution in [0.3, 0.4) is 0 Å². The van der Waals surface area contributed by atoms with Crippen molar-refractivity contribution in [2.75, 3.05) is 26.4 Å². The molecule has 13 heteroatoms. The van der Waals surface area contributed by atoms with Crippen molar-refractivity contribution in [1.82, 2.24) is 0 Å². The van der Waals surface area contributed by atoms with Crippen molar-refractivity contribution in [3.8, 4) is 0 Å². The van der Waals surface area contributed by atoms with E-state index in [2.05, 4.69) is 9.47 Å². The first-order chi connectivity index (χ1) is 19.3. The van der Waals surface area contributed by atoms with Gasteiger partial charge in [-0.15, -0.1) is 0 Å². The van der Waals surface area contributed by atoms with E-state index in [-0.39, 0.29) is 74.3 Å². The second-order valence-electron chi connectivity index (χ2n) is 8.66. The maximum Gasteiger partial charge on any atom is 2.00 e. The zero-order chi connectivity index (χ0) is 29.3. The van der Waals surface area contributed by atoms with Gasteiger partial charge in [-0.3, -0.25) is 0 Å². The van der Waals surface area contributed by atoms with Gasteiger partial charge in [0, 0.05) is 13.2 Å². The number of aliphatic hydroxyl groups excluding tert-OH is 2. The molecule has 4 atom stereocenters. The largest absolute Gasteiger partial charge is 2.00 e. The Morgan fingerprint density at radius 2 is 1.05 bits per heavy atom. The number of carboxylic acid groups (broad SMARTS) is 2. The van der Waals surface area contributed by atoms with Crippen molar-refractivity contribution in [2.24, 2.45) is 0 Å². The average Bonchev–Trinajstić information content (AvgIpc) is 3.71. The van der Waals surface area contributed by atoms with Crippen molar-refractivity contribution >= 4 is 61.6 Å². The summed E-state index contributed by atoms with van der Waals surface area (Å²) in [6, 6.07) is 14.5. The van der Waals surface area contributed by atoms with E-state index >= 15 is 0 Å². The summed E-state index contributed by atoms with van der Waals surface area (Å²) in [5.41, 5.74) is -0.0459. The number of aliphatic hydroxyl groups is 2. The number of carbonyl (C=O) groups is 4. The van der Waals surface area contributed by atoms with Crippen LogP contribution in [0.15, 0.2) is 60.7 Å². The molecule has 0 radical (unpaired) electrons. The fraction of sp³-hybridized carbons (Fsp3) is 0.429. The third kappa shape index (κ3) is 13.3. The molecule has 0 unspecified atom stereocenters. The van der Waals surface area contributed by atoms with Gasteiger partial charge in [0.05, 0.1) is 48.5 Å². The Kier molecular flexibility index (Phi) is 18.1. The van der Waals surface area contributed by atoms with Crippen molar-refractivity contribution in [2.45, 2.75) is 50.1 Å². The van der Waals surface area contributed by atoms with E-state index in [1.165, 1.54) is 48.5 Å². The molecular weight excluding hydrogens is 568 g/mol. The Bertz CT molecular complexity index is 969. The Labute approximate surface area is 267 Å². The molecule has 0 aromatic heterocycles. The van der Waals surface area contributed by atoms with Gasteiger partial charge in [0.25, 0.3) is 0 Å². The fourth-order valence-electron chi connectivity index (χ4n) is 3.56. The summed E-state index contributed by atoms with van der Waals surface area (Å²) in [5.74, 6) is -6.35. The number of carboxylic acids is 2. The molecule has 0 amide bonds. The fourth-order valence-corrected chi connectivity index (χ4v) is 3.56. The first kappa shape index (κ1) is 36.4. The number of hydrogen-bond acceptors (Lipinski definition) is 12. The number of aliphatic carboxylic acids is 2. The van der Waals surface area contributed by atoms with Gasteiger partial charge in [0.2, 0.25) is 0 Å². The van der Waals surface area contributed by atoms with Crippen LogP contribution in [0.1, 0.15) is 46.4 Å². The van der Waals surface area contributed by atoms with Gasteiger partial charge >= 0.3 is 49.7 Å². The van der Waals surface area contributed by atoms with E-state index in [4.69, 9.17) is 19.7 Å². The Balaban J connectivity index is 0.000000453. The molecule has 12 nitrogen and oxygen atoms in total. The summed E-state index contributed by atoms with van der Waals surface area (Å²) < 4.78 is 19.4. The molecule has 218 valence electrons. The van der Waals surface area contributed by atoms with Crippen LogP contribution in [-0.4, -0.2) is 123 Å². The number of rotatable bonds is 9. The summed E-state index contributed by atoms with van der Waals surface area (Å²) in [6.07, 6.45) is -0.163. The molecule has 2 N–H and O–H groups in total. The van der Waals surface area contributed by atoms with Crippen molar-refractivity contribution in [3.05, 3.63) is 71.8 Å². The van der Waals surface area contributed by atoms with Gasteiger partial charge < -0.3 is 49.0 Å². The van der Waals surface area contributed by atoms with E-state index in [0.717, 1.165) is 38.9 Å². The number of benzene rings is 2. The van der Waals surface area contributed by atoms with Crippen LogP contribution >= 0.6 is 0 Å². The minimum absolute atomic E-state index is 0. The molecule has 0 saturated carbocycles. The zero-order valence-electron chi connectivity index (χ0n) is 22.4. The Hall–Kier alpha value is -2.58. The van der Waals surface area contributed by atoms with Gasteiger partial charge in [-0.2, -0.15) is 0 Å². The molecule has 2 fully saturated rings. The van der Waals surface area contributed by atoms with E-state index in [9.17, 15) is 29.4 Å². The minimum atomic E-state index is -2.39. The predicted octanol–water partition coefficient (Wildman–Crippen LogP) is -1.13. The predicted molar refractivity (Wildman–Crippen MR) is 139 cm³/mol. The molecule has 2 aliphatic rings. The smallest absolute Gasteiger partial charge is 0.546 e. The number of hydrogen-bond donors (Lipinski definition) is 2. The van der Waals surface area contributed by atoms with E-state index < -0.39 is 36.1 Å². The first-order valence-electron chi connectivity index (χ1n) is 12.7. The van der Waals surface area contributed by atoms with E-state index in [0.29, 0.717) is 0 Å². The minimum Gasteiger partial charge on any atom is -0.546 e. The second-order valence-corrected chi connectivity index (χ2v) is 8.66. The van der Waals surface area contributed by atoms with E-state index in [1.807, 2.05) is 0 Å². The second kappa shape index (κ2) is 20.3. The van der Waals surface area contributed by atoms with Crippen LogP contribution in [0.5, 0.6) is 0 Å². The van der Waals surface area contributed by atoms with Gasteiger partial charge in [-0.25, -0.2) is 9.59 Å². The van der Waals surface area contributed by atoms with Crippen LogP contribution in [0.25, 0.3) is 0 Å². The van der Waals surface area contributed by atoms with Gasteiger partial charge in [-0.1, -0.05) is 36.4 Å². The molecule has 2 aliphatic heterocycles. The topological polar surface area (TPSA) is 192 Å². The summed E-state index contributed by atoms with van der Waals surface area (Å²) in [5, 5.41) is 39.4. The molecule has 0 spiro atoms. The summed E-state index contributed by atoms with van der Waals surface area (Å²) in [7, 11) is 0. The normalized spacial score (nSPS) is 18.6. The standard InChI is InChI=1S/C18H14O8.2C5H10O2.Ca/c19-15(20)13(25-17(23)11-7-3-1-4-8-11)14(16(21)22)26-18(24)12-9-5-2-6-10-12;2*6-4-5-2-1-3-7-5;/h1-10,13-14H,(H,19,20)(H,21,22);2*5-6H,1-4H2;/q;;;+2/p-2/t13-,14-;2*5-;/m111./s1. The van der Waals surface area contributed by atoms with Crippen LogP contribution in [0, 0.1) is 0 Å². The van der Waals surface area contributed by atoms with Gasteiger partial charge in [0.15, 0.2) is 12.2 Å². The SMILES string of the molecule is O=C(O[C@@H](C(=O)[O-])[C@@H](OC(=O)c1ccccc1)C(=O)[O-])c1ccccc1.OC[C@H]1CCCO1.OC[C@H]1CCCO1.[Ca+2]. The van der Waals surface area contributed by atoms with Crippen LogP contribution in [0.2, 0.25) is 0 Å². The van der Waals surface area contributed by atoms with Crippen LogP contribution < -0.4 is 10.2 Å². The van der Waals surface area contributed by atoms with Crippen molar-refractivity contribution < 1.29 is 58.6 Å². The monoisotopic (exact) mass is 600 g/mol. The maximum atomic E-state index is 12.0. The summed E-state index contributed by atoms with van der Waals surface area (Å²) >= 11 is 0. The summed E-state index contributed by atoms with van der Waals surface area (Å²) in [4.78, 5) is 46.5. The van der Waals surface area contributed by atoms with Crippen molar-refractivity contribution in [3.63, 3.8) is 0 Å². The van der Waals surface area contributed by atoms with Gasteiger partial charge in [0.1, 0.15) is 0 Å². The number of carbonyl (C=O) groups excluding carboxylic acids is 4. The van der Waals surface area contributed by atoms with Crippen molar-refractivity contribution in [1.29, 1.82) is 0 Å². The molecule has 0 bridgehead atoms. The molecule has 2 saturated heterocycles. The summed E-state index contributed by atoms with van der Waals surface area (Å²) in [6.45, 7) is 2.07. The number of esters is 2. The van der Waals surface area contributed by atoms with Crippen LogP contribution in [-0.2, 0) is 28.5 Å². The first-order valence-corrected chi connectivity index (χ1v) is 12.7. The molecule has 0 aliphatic carbocycles. The maximum absolute atomic E-state index is 12.0. The molecule has 2 heterocycles. The average molecular weight is 601 g/mol. The van der Waals surface area contributed by atoms with E-state index in [1.54, 1.807) is 12.1 Å². The third-order valence-electron chi connectivity index (χ3n) is 5.68. The molecule has 41 heavy (non-hydrogen) atoms. The third-order valence-corrected chi connectivity index (χ3v) is 5.68. The molecular formula is C28H32CaO12. The molecule has 2 aromatic carbocycles. The van der Waals surface area contributed by atoms with Crippen LogP contribution in [0.4, 0.5) is 0 Å². The number of ether oxygens (including phenoxy) is 4.